The second-order valence-electron chi connectivity index (χ2n) is 5.32. The van der Waals surface area contributed by atoms with Crippen LogP contribution in [0.4, 0.5) is 5.69 Å². The summed E-state index contributed by atoms with van der Waals surface area (Å²) in [6.07, 6.45) is 0. The van der Waals surface area contributed by atoms with Gasteiger partial charge >= 0.3 is 5.97 Å². The molecule has 0 atom stereocenters. The van der Waals surface area contributed by atoms with E-state index in [9.17, 15) is 19.7 Å². The van der Waals surface area contributed by atoms with E-state index >= 15 is 0 Å². The summed E-state index contributed by atoms with van der Waals surface area (Å²) in [5.41, 5.74) is 4.88. The molecule has 9 nitrogen and oxygen atoms in total. The Morgan fingerprint density at radius 3 is 2.26 bits per heavy atom. The van der Waals surface area contributed by atoms with Crippen molar-refractivity contribution in [1.82, 2.24) is 0 Å². The SMILES string of the molecule is CCOc1ccc(OCC(=O)OCc2ccc(C(N)=O)cc2[N+](=O)[O-])cc1. The van der Waals surface area contributed by atoms with E-state index in [1.54, 1.807) is 24.3 Å². The summed E-state index contributed by atoms with van der Waals surface area (Å²) < 4.78 is 15.6. The van der Waals surface area contributed by atoms with Gasteiger partial charge in [-0.3, -0.25) is 14.9 Å². The lowest BCUT2D eigenvalue weighted by atomic mass is 10.1. The third kappa shape index (κ3) is 5.70. The van der Waals surface area contributed by atoms with Crippen LogP contribution in [0.2, 0.25) is 0 Å². The van der Waals surface area contributed by atoms with E-state index < -0.39 is 16.8 Å². The van der Waals surface area contributed by atoms with Crippen LogP contribution in [0.1, 0.15) is 22.8 Å². The van der Waals surface area contributed by atoms with Crippen LogP contribution in [0.3, 0.4) is 0 Å². The molecule has 2 N–H and O–H groups in total. The Hall–Kier alpha value is -3.62. The number of esters is 1. The number of nitro groups is 1. The van der Waals surface area contributed by atoms with Crippen molar-refractivity contribution in [3.05, 3.63) is 63.7 Å². The fraction of sp³-hybridized carbons (Fsp3) is 0.222. The summed E-state index contributed by atoms with van der Waals surface area (Å²) in [4.78, 5) is 33.3. The number of primary amides is 1. The van der Waals surface area contributed by atoms with Gasteiger partial charge in [0.25, 0.3) is 5.69 Å². The molecule has 2 rings (SSSR count). The van der Waals surface area contributed by atoms with Gasteiger partial charge in [-0.2, -0.15) is 0 Å². The second-order valence-corrected chi connectivity index (χ2v) is 5.32. The monoisotopic (exact) mass is 374 g/mol. The molecule has 0 aliphatic carbocycles. The molecule has 0 aliphatic rings. The molecule has 0 bridgehead atoms. The maximum absolute atomic E-state index is 11.8. The zero-order valence-electron chi connectivity index (χ0n) is 14.5. The Balaban J connectivity index is 1.91. The largest absolute Gasteiger partial charge is 0.494 e. The minimum Gasteiger partial charge on any atom is -0.494 e. The van der Waals surface area contributed by atoms with Crippen LogP contribution in [0.15, 0.2) is 42.5 Å². The molecule has 0 spiro atoms. The van der Waals surface area contributed by atoms with Gasteiger partial charge in [-0.05, 0) is 43.3 Å². The summed E-state index contributed by atoms with van der Waals surface area (Å²) in [7, 11) is 0. The number of hydrogen-bond donors (Lipinski definition) is 1. The highest BCUT2D eigenvalue weighted by Gasteiger charge is 2.18. The van der Waals surface area contributed by atoms with E-state index in [1.165, 1.54) is 12.1 Å². The number of benzene rings is 2. The number of nitro benzene ring substituents is 1. The maximum Gasteiger partial charge on any atom is 0.344 e. The van der Waals surface area contributed by atoms with E-state index in [2.05, 4.69) is 0 Å². The third-order valence-electron chi connectivity index (χ3n) is 3.45. The number of hydrogen-bond acceptors (Lipinski definition) is 7. The molecule has 9 heteroatoms. The van der Waals surface area contributed by atoms with Gasteiger partial charge in [0.2, 0.25) is 5.91 Å². The lowest BCUT2D eigenvalue weighted by molar-refractivity contribution is -0.385. The number of amides is 1. The summed E-state index contributed by atoms with van der Waals surface area (Å²) >= 11 is 0. The molecular formula is C18H18N2O7. The summed E-state index contributed by atoms with van der Waals surface area (Å²) in [6, 6.07) is 10.4. The Morgan fingerprint density at radius 1 is 1.07 bits per heavy atom. The van der Waals surface area contributed by atoms with E-state index in [1.807, 2.05) is 6.92 Å². The molecule has 0 fully saturated rings. The molecule has 0 heterocycles. The molecule has 142 valence electrons. The normalized spacial score (nSPS) is 10.1. The van der Waals surface area contributed by atoms with Crippen molar-refractivity contribution in [2.75, 3.05) is 13.2 Å². The van der Waals surface area contributed by atoms with Gasteiger partial charge in [-0.1, -0.05) is 0 Å². The van der Waals surface area contributed by atoms with Crippen molar-refractivity contribution in [3.63, 3.8) is 0 Å². The number of ether oxygens (including phenoxy) is 3. The summed E-state index contributed by atoms with van der Waals surface area (Å²) in [6.45, 7) is 1.72. The Bertz CT molecular complexity index is 834. The number of rotatable bonds is 9. The first-order valence-corrected chi connectivity index (χ1v) is 7.99. The first kappa shape index (κ1) is 19.7. The predicted molar refractivity (Wildman–Crippen MR) is 94.5 cm³/mol. The highest BCUT2D eigenvalue weighted by atomic mass is 16.6. The first-order valence-electron chi connectivity index (χ1n) is 7.99. The number of nitrogens with two attached hydrogens (primary N) is 1. The molecule has 2 aromatic rings. The fourth-order valence-corrected chi connectivity index (χ4v) is 2.15. The number of carbonyl (C=O) groups excluding carboxylic acids is 2. The number of nitrogens with zero attached hydrogens (tertiary/aromatic N) is 1. The predicted octanol–water partition coefficient (Wildman–Crippen LogP) is 2.21. The van der Waals surface area contributed by atoms with Crippen LogP contribution in [-0.4, -0.2) is 30.0 Å². The minimum absolute atomic E-state index is 0.00407. The molecule has 0 radical (unpaired) electrons. The van der Waals surface area contributed by atoms with E-state index in [-0.39, 0.29) is 30.0 Å². The van der Waals surface area contributed by atoms with E-state index in [4.69, 9.17) is 19.9 Å². The smallest absolute Gasteiger partial charge is 0.344 e. The molecule has 1 amide bonds. The lowest BCUT2D eigenvalue weighted by Crippen LogP contribution is -2.15. The van der Waals surface area contributed by atoms with Crippen LogP contribution < -0.4 is 15.2 Å². The zero-order chi connectivity index (χ0) is 19.8. The molecule has 0 aromatic heterocycles. The van der Waals surface area contributed by atoms with Gasteiger partial charge in [0.05, 0.1) is 17.1 Å². The molecule has 0 unspecified atom stereocenters. The number of carbonyl (C=O) groups is 2. The van der Waals surface area contributed by atoms with Gasteiger partial charge in [0, 0.05) is 11.6 Å². The van der Waals surface area contributed by atoms with Crippen LogP contribution in [0.5, 0.6) is 11.5 Å². The highest BCUT2D eigenvalue weighted by molar-refractivity contribution is 5.93. The zero-order valence-corrected chi connectivity index (χ0v) is 14.5. The third-order valence-corrected chi connectivity index (χ3v) is 3.45. The van der Waals surface area contributed by atoms with Crippen LogP contribution in [0, 0.1) is 10.1 Å². The van der Waals surface area contributed by atoms with Gasteiger partial charge in [-0.25, -0.2) is 4.79 Å². The maximum atomic E-state index is 11.8. The van der Waals surface area contributed by atoms with Crippen molar-refractivity contribution in [3.8, 4) is 11.5 Å². The summed E-state index contributed by atoms with van der Waals surface area (Å²) in [5, 5.41) is 11.1. The van der Waals surface area contributed by atoms with Crippen molar-refractivity contribution >= 4 is 17.6 Å². The van der Waals surface area contributed by atoms with Crippen molar-refractivity contribution in [2.24, 2.45) is 5.73 Å². The second kappa shape index (κ2) is 9.18. The average molecular weight is 374 g/mol. The van der Waals surface area contributed by atoms with E-state index in [0.29, 0.717) is 18.1 Å². The highest BCUT2D eigenvalue weighted by Crippen LogP contribution is 2.21. The summed E-state index contributed by atoms with van der Waals surface area (Å²) in [5.74, 6) is -0.353. The Labute approximate surface area is 154 Å². The molecule has 2 aromatic carbocycles. The van der Waals surface area contributed by atoms with Gasteiger partial charge in [-0.15, -0.1) is 0 Å². The van der Waals surface area contributed by atoms with Crippen molar-refractivity contribution in [2.45, 2.75) is 13.5 Å². The minimum atomic E-state index is -0.787. The quantitative estimate of drug-likeness (QED) is 0.404. The van der Waals surface area contributed by atoms with Crippen LogP contribution >= 0.6 is 0 Å². The van der Waals surface area contributed by atoms with Gasteiger partial charge in [0.1, 0.15) is 18.1 Å². The van der Waals surface area contributed by atoms with Crippen LogP contribution in [0.25, 0.3) is 0 Å². The topological polar surface area (TPSA) is 131 Å². The van der Waals surface area contributed by atoms with Crippen LogP contribution in [-0.2, 0) is 16.1 Å². The Kier molecular flexibility index (Phi) is 6.70. The Morgan fingerprint density at radius 2 is 1.70 bits per heavy atom. The lowest BCUT2D eigenvalue weighted by Gasteiger charge is -2.09. The molecule has 27 heavy (non-hydrogen) atoms. The molecule has 0 saturated carbocycles. The molecular weight excluding hydrogens is 356 g/mol. The molecule has 0 saturated heterocycles. The standard InChI is InChI=1S/C18H18N2O7/c1-2-25-14-5-7-15(8-6-14)26-11-17(21)27-10-13-4-3-12(18(19)22)9-16(13)20(23)24/h3-9H,2,10-11H2,1H3,(H2,19,22). The fourth-order valence-electron chi connectivity index (χ4n) is 2.15. The average Bonchev–Trinajstić information content (AvgIpc) is 2.65. The first-order chi connectivity index (χ1) is 12.9. The van der Waals surface area contributed by atoms with Gasteiger partial charge < -0.3 is 19.9 Å². The van der Waals surface area contributed by atoms with E-state index in [0.717, 1.165) is 6.07 Å². The van der Waals surface area contributed by atoms with Crippen molar-refractivity contribution in [1.29, 1.82) is 0 Å². The van der Waals surface area contributed by atoms with Gasteiger partial charge in [0.15, 0.2) is 6.61 Å². The van der Waals surface area contributed by atoms with Crippen molar-refractivity contribution < 1.29 is 28.7 Å². The molecule has 0 aliphatic heterocycles.